The van der Waals surface area contributed by atoms with Crippen molar-refractivity contribution in [2.75, 3.05) is 19.6 Å². The molecule has 5 nitrogen and oxygen atoms in total. The molecule has 0 aliphatic rings. The van der Waals surface area contributed by atoms with E-state index in [1.165, 1.54) is 12.1 Å². The Morgan fingerprint density at radius 2 is 2.16 bits per heavy atom. The molecule has 3 rings (SSSR count). The Morgan fingerprint density at radius 3 is 2.96 bits per heavy atom. The molecule has 2 aromatic heterocycles. The Bertz CT molecular complexity index is 823. The van der Waals surface area contributed by atoms with E-state index in [0.717, 1.165) is 54.1 Å². The predicted molar refractivity (Wildman–Crippen MR) is 98.4 cm³/mol. The summed E-state index contributed by atoms with van der Waals surface area (Å²) in [5.41, 5.74) is 1.99. The number of rotatable bonds is 7. The summed E-state index contributed by atoms with van der Waals surface area (Å²) in [5, 5.41) is 7.63. The van der Waals surface area contributed by atoms with Gasteiger partial charge < -0.3 is 20.0 Å². The maximum Gasteiger partial charge on any atom is 0.191 e. The quantitative estimate of drug-likeness (QED) is 0.456. The van der Waals surface area contributed by atoms with Gasteiger partial charge in [0.1, 0.15) is 11.6 Å². The average Bonchev–Trinajstić information content (AvgIpc) is 3.24. The monoisotopic (exact) mass is 342 g/mol. The molecule has 0 saturated carbocycles. The van der Waals surface area contributed by atoms with Crippen LogP contribution in [-0.2, 0) is 12.8 Å². The fourth-order valence-corrected chi connectivity index (χ4v) is 2.76. The molecule has 0 aliphatic carbocycles. The first-order valence-corrected chi connectivity index (χ1v) is 8.56. The number of aromatic amines is 1. The minimum Gasteiger partial charge on any atom is -0.469 e. The van der Waals surface area contributed by atoms with Crippen molar-refractivity contribution in [3.8, 4) is 0 Å². The number of aliphatic imine (C=N–C) groups is 1. The number of H-pyrrole nitrogens is 1. The van der Waals surface area contributed by atoms with E-state index in [2.05, 4.69) is 20.6 Å². The second-order valence-corrected chi connectivity index (χ2v) is 5.77. The Labute approximate surface area is 146 Å². The lowest BCUT2D eigenvalue weighted by Gasteiger charge is -2.11. The van der Waals surface area contributed by atoms with Crippen LogP contribution >= 0.6 is 0 Å². The maximum atomic E-state index is 13.2. The highest BCUT2D eigenvalue weighted by Gasteiger charge is 2.05. The summed E-state index contributed by atoms with van der Waals surface area (Å²) < 4.78 is 18.6. The van der Waals surface area contributed by atoms with Gasteiger partial charge in [-0.15, -0.1) is 0 Å². The third kappa shape index (κ3) is 4.62. The Hall–Kier alpha value is -2.76. The van der Waals surface area contributed by atoms with Gasteiger partial charge in [0.25, 0.3) is 0 Å². The van der Waals surface area contributed by atoms with E-state index in [-0.39, 0.29) is 5.82 Å². The van der Waals surface area contributed by atoms with Gasteiger partial charge in [0, 0.05) is 43.2 Å². The zero-order valence-electron chi connectivity index (χ0n) is 14.3. The van der Waals surface area contributed by atoms with Gasteiger partial charge in [-0.1, -0.05) is 0 Å². The molecular formula is C19H23FN4O. The van der Waals surface area contributed by atoms with E-state index < -0.39 is 0 Å². The van der Waals surface area contributed by atoms with Crippen LogP contribution in [0.5, 0.6) is 0 Å². The fraction of sp³-hybridized carbons (Fsp3) is 0.316. The Kier molecular flexibility index (Phi) is 5.72. The zero-order chi connectivity index (χ0) is 17.5. The van der Waals surface area contributed by atoms with Crippen LogP contribution in [0.3, 0.4) is 0 Å². The van der Waals surface area contributed by atoms with E-state index in [9.17, 15) is 4.39 Å². The standard InChI is InChI=1S/C19H23FN4O/c1-2-21-19(23-10-8-16-4-3-11-25-16)22-9-7-14-13-24-18-12-15(20)5-6-17(14)18/h3-6,11-13,24H,2,7-10H2,1H3,(H2,21,22,23). The number of fused-ring (bicyclic) bond motifs is 1. The van der Waals surface area contributed by atoms with Gasteiger partial charge in [-0.25, -0.2) is 4.39 Å². The van der Waals surface area contributed by atoms with Gasteiger partial charge in [0.05, 0.1) is 6.26 Å². The van der Waals surface area contributed by atoms with Crippen LogP contribution in [0.25, 0.3) is 10.9 Å². The van der Waals surface area contributed by atoms with E-state index in [1.807, 2.05) is 31.3 Å². The first-order valence-electron chi connectivity index (χ1n) is 8.56. The second-order valence-electron chi connectivity index (χ2n) is 5.77. The van der Waals surface area contributed by atoms with Crippen molar-refractivity contribution in [2.24, 2.45) is 4.99 Å². The van der Waals surface area contributed by atoms with Gasteiger partial charge in [-0.3, -0.25) is 4.99 Å². The molecule has 0 aliphatic heterocycles. The lowest BCUT2D eigenvalue weighted by molar-refractivity contribution is 0.510. The zero-order valence-corrected chi connectivity index (χ0v) is 14.3. The fourth-order valence-electron chi connectivity index (χ4n) is 2.76. The normalized spacial score (nSPS) is 11.8. The molecule has 25 heavy (non-hydrogen) atoms. The molecule has 0 radical (unpaired) electrons. The number of nitrogens with one attached hydrogen (secondary N) is 3. The van der Waals surface area contributed by atoms with E-state index in [1.54, 1.807) is 6.26 Å². The van der Waals surface area contributed by atoms with Gasteiger partial charge in [-0.05, 0) is 49.2 Å². The molecule has 2 heterocycles. The maximum absolute atomic E-state index is 13.2. The highest BCUT2D eigenvalue weighted by molar-refractivity contribution is 5.83. The molecule has 0 unspecified atom stereocenters. The van der Waals surface area contributed by atoms with Gasteiger partial charge in [0.15, 0.2) is 5.96 Å². The molecule has 132 valence electrons. The summed E-state index contributed by atoms with van der Waals surface area (Å²) in [5.74, 6) is 1.50. The third-order valence-corrected chi connectivity index (χ3v) is 3.97. The predicted octanol–water partition coefficient (Wildman–Crippen LogP) is 3.24. The van der Waals surface area contributed by atoms with Crippen molar-refractivity contribution in [1.29, 1.82) is 0 Å². The first-order chi connectivity index (χ1) is 12.3. The smallest absolute Gasteiger partial charge is 0.191 e. The summed E-state index contributed by atoms with van der Waals surface area (Å²) in [6, 6.07) is 8.67. The van der Waals surface area contributed by atoms with Crippen molar-refractivity contribution >= 4 is 16.9 Å². The number of nitrogens with zero attached hydrogens (tertiary/aromatic N) is 1. The van der Waals surface area contributed by atoms with Gasteiger partial charge >= 0.3 is 0 Å². The molecule has 0 atom stereocenters. The van der Waals surface area contributed by atoms with Crippen molar-refractivity contribution < 1.29 is 8.81 Å². The summed E-state index contributed by atoms with van der Waals surface area (Å²) in [4.78, 5) is 7.68. The van der Waals surface area contributed by atoms with E-state index in [0.29, 0.717) is 6.54 Å². The molecule has 3 N–H and O–H groups in total. The van der Waals surface area contributed by atoms with Crippen LogP contribution in [-0.4, -0.2) is 30.6 Å². The van der Waals surface area contributed by atoms with Crippen molar-refractivity contribution in [3.05, 3.63) is 59.9 Å². The van der Waals surface area contributed by atoms with Crippen LogP contribution in [0.15, 0.2) is 52.2 Å². The molecular weight excluding hydrogens is 319 g/mol. The average molecular weight is 342 g/mol. The van der Waals surface area contributed by atoms with Crippen LogP contribution in [0.2, 0.25) is 0 Å². The summed E-state index contributed by atoms with van der Waals surface area (Å²) in [6.07, 6.45) is 5.22. The van der Waals surface area contributed by atoms with Crippen LogP contribution < -0.4 is 10.6 Å². The van der Waals surface area contributed by atoms with Gasteiger partial charge in [-0.2, -0.15) is 0 Å². The van der Waals surface area contributed by atoms with Crippen molar-refractivity contribution in [3.63, 3.8) is 0 Å². The number of benzene rings is 1. The van der Waals surface area contributed by atoms with Crippen LogP contribution in [0.1, 0.15) is 18.2 Å². The van der Waals surface area contributed by atoms with E-state index in [4.69, 9.17) is 4.42 Å². The number of halogens is 1. The SMILES string of the molecule is CCNC(=NCCc1ccco1)NCCc1c[nH]c2cc(F)ccc12. The second kappa shape index (κ2) is 8.37. The lowest BCUT2D eigenvalue weighted by atomic mass is 10.1. The summed E-state index contributed by atoms with van der Waals surface area (Å²) >= 11 is 0. The highest BCUT2D eigenvalue weighted by atomic mass is 19.1. The lowest BCUT2D eigenvalue weighted by Crippen LogP contribution is -2.38. The molecule has 0 spiro atoms. The summed E-state index contributed by atoms with van der Waals surface area (Å²) in [7, 11) is 0. The van der Waals surface area contributed by atoms with Gasteiger partial charge in [0.2, 0.25) is 0 Å². The molecule has 0 fully saturated rings. The minimum absolute atomic E-state index is 0.225. The molecule has 1 aromatic carbocycles. The molecule has 0 amide bonds. The largest absolute Gasteiger partial charge is 0.469 e. The Balaban J connectivity index is 1.53. The highest BCUT2D eigenvalue weighted by Crippen LogP contribution is 2.19. The molecule has 0 saturated heterocycles. The van der Waals surface area contributed by atoms with E-state index >= 15 is 0 Å². The molecule has 6 heteroatoms. The molecule has 3 aromatic rings. The number of hydrogen-bond acceptors (Lipinski definition) is 2. The topological polar surface area (TPSA) is 65.3 Å². The van der Waals surface area contributed by atoms with Crippen LogP contribution in [0.4, 0.5) is 4.39 Å². The number of guanidine groups is 1. The third-order valence-electron chi connectivity index (χ3n) is 3.97. The molecule has 0 bridgehead atoms. The Morgan fingerprint density at radius 1 is 1.24 bits per heavy atom. The van der Waals surface area contributed by atoms with Crippen molar-refractivity contribution in [2.45, 2.75) is 19.8 Å². The number of hydrogen-bond donors (Lipinski definition) is 3. The van der Waals surface area contributed by atoms with Crippen molar-refractivity contribution in [1.82, 2.24) is 15.6 Å². The summed E-state index contributed by atoms with van der Waals surface area (Å²) in [6.45, 7) is 4.25. The minimum atomic E-state index is -0.225. The first kappa shape index (κ1) is 17.1. The number of furan rings is 1. The van der Waals surface area contributed by atoms with Crippen LogP contribution in [0, 0.1) is 5.82 Å². The number of aromatic nitrogens is 1.